The van der Waals surface area contributed by atoms with Crippen LogP contribution in [0.2, 0.25) is 0 Å². The topological polar surface area (TPSA) is 100 Å². The summed E-state index contributed by atoms with van der Waals surface area (Å²) in [6, 6.07) is 0. The fourth-order valence-electron chi connectivity index (χ4n) is 1.73. The molecule has 0 radical (unpaired) electrons. The van der Waals surface area contributed by atoms with Crippen LogP contribution >= 0.6 is 7.60 Å². The van der Waals surface area contributed by atoms with Crippen molar-refractivity contribution in [3.8, 4) is 12.3 Å². The molecular weight excluding hydrogens is 337 g/mol. The Morgan fingerprint density at radius 2 is 1.67 bits per heavy atom. The van der Waals surface area contributed by atoms with Gasteiger partial charge in [-0.3, -0.25) is 9.36 Å². The predicted molar refractivity (Wildman–Crippen MR) is 88.2 cm³/mol. The van der Waals surface area contributed by atoms with E-state index in [1.54, 1.807) is 34.6 Å². The SMILES string of the molecule is C#CC[C@](ONC(=O)OC(C)(C)C)(C(C)=O)P(=O)(OCC)OCC. The van der Waals surface area contributed by atoms with Gasteiger partial charge in [0, 0.05) is 0 Å². The molecule has 0 unspecified atom stereocenters. The zero-order valence-electron chi connectivity index (χ0n) is 15.0. The second-order valence-corrected chi connectivity index (χ2v) is 7.99. The lowest BCUT2D eigenvalue weighted by atomic mass is 10.2. The van der Waals surface area contributed by atoms with Crippen LogP contribution in [0, 0.1) is 12.3 Å². The van der Waals surface area contributed by atoms with Crippen molar-refractivity contribution in [2.45, 2.75) is 58.9 Å². The number of ketones is 1. The van der Waals surface area contributed by atoms with Crippen LogP contribution in [-0.2, 0) is 28.0 Å². The van der Waals surface area contributed by atoms with Crippen LogP contribution in [0.15, 0.2) is 0 Å². The summed E-state index contributed by atoms with van der Waals surface area (Å²) in [5.41, 5.74) is 1.17. The number of carbonyl (C=O) groups excluding carboxylic acids is 2. The highest BCUT2D eigenvalue weighted by molar-refractivity contribution is 7.56. The highest BCUT2D eigenvalue weighted by Crippen LogP contribution is 2.62. The Balaban J connectivity index is 5.65. The number of hydrogen-bond acceptors (Lipinski definition) is 7. The predicted octanol–water partition coefficient (Wildman–Crippen LogP) is 3.02. The van der Waals surface area contributed by atoms with Gasteiger partial charge in [-0.1, -0.05) is 0 Å². The molecule has 0 fully saturated rings. The van der Waals surface area contributed by atoms with Crippen LogP contribution in [0.4, 0.5) is 4.79 Å². The number of nitrogens with one attached hydrogen (secondary N) is 1. The summed E-state index contributed by atoms with van der Waals surface area (Å²) in [4.78, 5) is 29.2. The lowest BCUT2D eigenvalue weighted by Crippen LogP contribution is -2.47. The number of rotatable bonds is 9. The second-order valence-electron chi connectivity index (χ2n) is 5.76. The maximum atomic E-state index is 13.1. The summed E-state index contributed by atoms with van der Waals surface area (Å²) < 4.78 is 28.5. The van der Waals surface area contributed by atoms with Gasteiger partial charge in [0.2, 0.25) is 0 Å². The van der Waals surface area contributed by atoms with E-state index < -0.39 is 36.8 Å². The second kappa shape index (κ2) is 9.19. The molecule has 8 nitrogen and oxygen atoms in total. The Labute approximate surface area is 143 Å². The van der Waals surface area contributed by atoms with Gasteiger partial charge in [-0.05, 0) is 41.5 Å². The summed E-state index contributed by atoms with van der Waals surface area (Å²) in [5.74, 6) is 1.51. The molecule has 0 aliphatic rings. The summed E-state index contributed by atoms with van der Waals surface area (Å²) in [6.07, 6.45) is 3.90. The molecule has 0 aromatic carbocycles. The Bertz CT molecular complexity index is 525. The molecule has 1 N–H and O–H groups in total. The first kappa shape index (κ1) is 22.6. The van der Waals surface area contributed by atoms with Crippen LogP contribution < -0.4 is 5.48 Å². The molecule has 0 spiro atoms. The van der Waals surface area contributed by atoms with E-state index in [0.717, 1.165) is 6.92 Å². The van der Waals surface area contributed by atoms with Crippen molar-refractivity contribution in [2.24, 2.45) is 0 Å². The third-order valence-electron chi connectivity index (χ3n) is 2.63. The van der Waals surface area contributed by atoms with Gasteiger partial charge in [-0.2, -0.15) is 5.48 Å². The molecule has 1 amide bonds. The molecule has 0 heterocycles. The van der Waals surface area contributed by atoms with Crippen molar-refractivity contribution in [3.63, 3.8) is 0 Å². The van der Waals surface area contributed by atoms with E-state index in [-0.39, 0.29) is 13.2 Å². The maximum Gasteiger partial charge on any atom is 0.431 e. The first-order chi connectivity index (χ1) is 11.0. The van der Waals surface area contributed by atoms with Gasteiger partial charge in [-0.25, -0.2) is 9.63 Å². The Morgan fingerprint density at radius 3 is 2.00 bits per heavy atom. The highest BCUT2D eigenvalue weighted by atomic mass is 31.2. The number of ether oxygens (including phenoxy) is 1. The third-order valence-corrected chi connectivity index (χ3v) is 5.28. The summed E-state index contributed by atoms with van der Waals surface area (Å²) >= 11 is 0. The monoisotopic (exact) mass is 363 g/mol. The van der Waals surface area contributed by atoms with Crippen molar-refractivity contribution in [2.75, 3.05) is 13.2 Å². The number of terminal acetylenes is 1. The Morgan fingerprint density at radius 1 is 1.17 bits per heavy atom. The van der Waals surface area contributed by atoms with Gasteiger partial charge in [0.05, 0.1) is 19.6 Å². The molecular formula is C15H26NO7P. The van der Waals surface area contributed by atoms with E-state index in [1.165, 1.54) is 0 Å². The van der Waals surface area contributed by atoms with Crippen molar-refractivity contribution >= 4 is 19.5 Å². The van der Waals surface area contributed by atoms with E-state index in [2.05, 4.69) is 5.92 Å². The normalized spacial score (nSPS) is 14.4. The van der Waals surface area contributed by atoms with E-state index in [1.807, 2.05) is 5.48 Å². The molecule has 9 heteroatoms. The lowest BCUT2D eigenvalue weighted by Gasteiger charge is -2.34. The molecule has 0 aromatic rings. The van der Waals surface area contributed by atoms with Gasteiger partial charge in [0.15, 0.2) is 5.78 Å². The molecule has 0 aromatic heterocycles. The summed E-state index contributed by atoms with van der Waals surface area (Å²) in [7, 11) is -4.13. The zero-order valence-corrected chi connectivity index (χ0v) is 15.9. The quantitative estimate of drug-likeness (QED) is 0.382. The molecule has 24 heavy (non-hydrogen) atoms. The van der Waals surface area contributed by atoms with E-state index in [4.69, 9.17) is 25.0 Å². The van der Waals surface area contributed by atoms with Crippen molar-refractivity contribution in [1.29, 1.82) is 0 Å². The zero-order chi connectivity index (χ0) is 19.0. The lowest BCUT2D eigenvalue weighted by molar-refractivity contribution is -0.141. The van der Waals surface area contributed by atoms with E-state index in [0.29, 0.717) is 0 Å². The Hall–Kier alpha value is -1.39. The molecule has 0 saturated carbocycles. The van der Waals surface area contributed by atoms with Gasteiger partial charge in [-0.15, -0.1) is 12.3 Å². The minimum Gasteiger partial charge on any atom is -0.442 e. The number of hydrogen-bond donors (Lipinski definition) is 1. The molecule has 1 atom stereocenters. The fourth-order valence-corrected chi connectivity index (χ4v) is 3.73. The first-order valence-electron chi connectivity index (χ1n) is 7.48. The number of amides is 1. The molecule has 0 rings (SSSR count). The van der Waals surface area contributed by atoms with Crippen molar-refractivity contribution in [1.82, 2.24) is 5.48 Å². The van der Waals surface area contributed by atoms with Gasteiger partial charge in [0.1, 0.15) is 5.60 Å². The van der Waals surface area contributed by atoms with Gasteiger partial charge in [0.25, 0.3) is 5.34 Å². The van der Waals surface area contributed by atoms with Crippen LogP contribution in [0.25, 0.3) is 0 Å². The average Bonchev–Trinajstić information content (AvgIpc) is 2.41. The van der Waals surface area contributed by atoms with E-state index >= 15 is 0 Å². The fraction of sp³-hybridized carbons (Fsp3) is 0.733. The van der Waals surface area contributed by atoms with Gasteiger partial charge >= 0.3 is 13.7 Å². The summed E-state index contributed by atoms with van der Waals surface area (Å²) in [6.45, 7) is 9.21. The third kappa shape index (κ3) is 5.91. The van der Waals surface area contributed by atoms with Crippen LogP contribution in [0.1, 0.15) is 48.0 Å². The molecule has 0 saturated heterocycles. The number of Topliss-reactive ketones (excluding diaryl/α,β-unsaturated/α-hetero) is 1. The van der Waals surface area contributed by atoms with Crippen molar-refractivity contribution in [3.05, 3.63) is 0 Å². The highest BCUT2D eigenvalue weighted by Gasteiger charge is 2.57. The minimum atomic E-state index is -4.13. The summed E-state index contributed by atoms with van der Waals surface area (Å²) in [5, 5.41) is -2.16. The smallest absolute Gasteiger partial charge is 0.431 e. The van der Waals surface area contributed by atoms with Gasteiger partial charge < -0.3 is 13.8 Å². The average molecular weight is 363 g/mol. The number of carbonyl (C=O) groups is 2. The molecule has 0 bridgehead atoms. The molecule has 138 valence electrons. The van der Waals surface area contributed by atoms with Crippen LogP contribution in [-0.4, -0.2) is 36.0 Å². The van der Waals surface area contributed by atoms with Crippen LogP contribution in [0.3, 0.4) is 0 Å². The Kier molecular flexibility index (Phi) is 8.65. The van der Waals surface area contributed by atoms with Crippen LogP contribution in [0.5, 0.6) is 0 Å². The first-order valence-corrected chi connectivity index (χ1v) is 9.03. The molecule has 0 aliphatic heterocycles. The molecule has 0 aliphatic carbocycles. The standard InChI is InChI=1S/C15H26NO7P/c1-8-11-15(12(4)17,24(19,20-9-2)21-10-3)23-16-13(18)22-14(5,6)7/h1H,9-11H2,2-7H3,(H,16,18)/t15-/m1/s1. The maximum absolute atomic E-state index is 13.1. The van der Waals surface area contributed by atoms with Crippen molar-refractivity contribution < 1.29 is 32.8 Å². The number of hydroxylamine groups is 1. The minimum absolute atomic E-state index is 0.00727. The van der Waals surface area contributed by atoms with E-state index in [9.17, 15) is 14.2 Å². The largest absolute Gasteiger partial charge is 0.442 e.